The van der Waals surface area contributed by atoms with E-state index < -0.39 is 5.63 Å². The van der Waals surface area contributed by atoms with E-state index in [0.717, 1.165) is 5.56 Å². The Morgan fingerprint density at radius 1 is 1.09 bits per heavy atom. The molecule has 0 saturated heterocycles. The second kappa shape index (κ2) is 6.23. The smallest absolute Gasteiger partial charge is 0.289 e. The Balaban J connectivity index is 1.75. The molecule has 114 valence electrons. The Bertz CT molecular complexity index is 906. The van der Waals surface area contributed by atoms with Crippen LogP contribution >= 0.6 is 0 Å². The average molecular weight is 311 g/mol. The van der Waals surface area contributed by atoms with E-state index in [4.69, 9.17) is 0 Å². The van der Waals surface area contributed by atoms with Gasteiger partial charge in [-0.2, -0.15) is 0 Å². The molecule has 0 radical (unpaired) electrons. The minimum Gasteiger partial charge on any atom is -0.289 e. The van der Waals surface area contributed by atoms with Gasteiger partial charge in [0.05, 0.1) is 0 Å². The van der Waals surface area contributed by atoms with Crippen molar-refractivity contribution in [2.75, 3.05) is 0 Å². The monoisotopic (exact) mass is 311 g/mol. The van der Waals surface area contributed by atoms with Crippen molar-refractivity contribution in [1.82, 2.24) is 5.27 Å². The van der Waals surface area contributed by atoms with Crippen LogP contribution in [0.5, 0.6) is 0 Å². The third-order valence-electron chi connectivity index (χ3n) is 3.21. The molecule has 3 aromatic rings. The van der Waals surface area contributed by atoms with Crippen LogP contribution in [0.2, 0.25) is 0 Å². The first kappa shape index (κ1) is 14.6. The van der Waals surface area contributed by atoms with E-state index in [1.807, 2.05) is 0 Å². The summed E-state index contributed by atoms with van der Waals surface area (Å²) in [6, 6.07) is 12.5. The Hall–Kier alpha value is -3.28. The van der Waals surface area contributed by atoms with Crippen molar-refractivity contribution in [3.8, 4) is 5.69 Å². The van der Waals surface area contributed by atoms with Crippen LogP contribution in [-0.2, 0) is 0 Å². The zero-order valence-corrected chi connectivity index (χ0v) is 11.9. The fraction of sp³-hybridized carbons (Fsp3) is 0. The van der Waals surface area contributed by atoms with Crippen molar-refractivity contribution in [3.63, 3.8) is 0 Å². The summed E-state index contributed by atoms with van der Waals surface area (Å²) >= 11 is 0. The molecule has 1 heterocycles. The van der Waals surface area contributed by atoms with Crippen LogP contribution in [0.1, 0.15) is 15.9 Å². The number of H-pyrrole nitrogens is 1. The summed E-state index contributed by atoms with van der Waals surface area (Å²) < 4.78 is 18.8. The van der Waals surface area contributed by atoms with Crippen molar-refractivity contribution in [1.29, 1.82) is 0 Å². The number of aromatic nitrogens is 2. The number of carbonyl (C=O) groups excluding carboxylic acids is 1. The third kappa shape index (κ3) is 3.49. The third-order valence-corrected chi connectivity index (χ3v) is 3.21. The summed E-state index contributed by atoms with van der Waals surface area (Å²) in [5.41, 5.74) is 1.41. The average Bonchev–Trinajstić information content (AvgIpc) is 3.01. The van der Waals surface area contributed by atoms with Crippen LogP contribution in [0.15, 0.2) is 70.1 Å². The molecule has 0 fully saturated rings. The summed E-state index contributed by atoms with van der Waals surface area (Å²) in [5.74, 6) is -0.495. The number of hydrogen-bond donors (Lipinski definition) is 1. The Labute approximate surface area is 130 Å². The van der Waals surface area contributed by atoms with Gasteiger partial charge in [0, 0.05) is 17.7 Å². The zero-order chi connectivity index (χ0) is 16.2. The number of allylic oxidation sites excluding steroid dienone is 1. The summed E-state index contributed by atoms with van der Waals surface area (Å²) in [6.45, 7) is 0. The fourth-order valence-electron chi connectivity index (χ4n) is 2.01. The summed E-state index contributed by atoms with van der Waals surface area (Å²) in [6.07, 6.45) is 4.30. The van der Waals surface area contributed by atoms with Crippen LogP contribution in [0, 0.1) is 5.82 Å². The molecule has 2 aromatic carbocycles. The lowest BCUT2D eigenvalue weighted by molar-refractivity contribution is -0.670. The minimum absolute atomic E-state index is 0.174. The van der Waals surface area contributed by atoms with Crippen LogP contribution in [0.3, 0.4) is 0 Å². The van der Waals surface area contributed by atoms with E-state index in [9.17, 15) is 14.0 Å². The maximum atomic E-state index is 12.8. The molecule has 3 rings (SSSR count). The van der Waals surface area contributed by atoms with Crippen molar-refractivity contribution in [2.24, 2.45) is 0 Å². The molecular formula is C17H12FN2O3+. The summed E-state index contributed by atoms with van der Waals surface area (Å²) in [5, 5.41) is 2.42. The van der Waals surface area contributed by atoms with Gasteiger partial charge in [0.2, 0.25) is 5.69 Å². The Morgan fingerprint density at radius 2 is 1.78 bits per heavy atom. The number of ketones is 1. The molecule has 0 aliphatic carbocycles. The molecule has 5 nitrogen and oxygen atoms in total. The quantitative estimate of drug-likeness (QED) is 0.457. The second-order valence-electron chi connectivity index (χ2n) is 4.81. The molecule has 0 saturated carbocycles. The van der Waals surface area contributed by atoms with E-state index in [1.165, 1.54) is 29.1 Å². The first-order valence-corrected chi connectivity index (χ1v) is 6.80. The summed E-state index contributed by atoms with van der Waals surface area (Å²) in [7, 11) is 0. The topological polar surface area (TPSA) is 66.9 Å². The zero-order valence-electron chi connectivity index (χ0n) is 11.9. The predicted octanol–water partition coefficient (Wildman–Crippen LogP) is 2.28. The van der Waals surface area contributed by atoms with Gasteiger partial charge in [-0.05, 0) is 45.9 Å². The molecule has 0 aliphatic rings. The van der Waals surface area contributed by atoms with Gasteiger partial charge in [0.1, 0.15) is 5.82 Å². The molecule has 1 aromatic heterocycles. The highest BCUT2D eigenvalue weighted by Crippen LogP contribution is 2.08. The van der Waals surface area contributed by atoms with Crippen molar-refractivity contribution < 1.29 is 18.4 Å². The largest absolute Gasteiger partial charge is 0.427 e. The van der Waals surface area contributed by atoms with E-state index in [0.29, 0.717) is 11.3 Å². The lowest BCUT2D eigenvalue weighted by Crippen LogP contribution is -2.32. The minimum atomic E-state index is -0.493. The maximum absolute atomic E-state index is 12.8. The van der Waals surface area contributed by atoms with Gasteiger partial charge < -0.3 is 0 Å². The van der Waals surface area contributed by atoms with Gasteiger partial charge in [-0.3, -0.25) is 9.32 Å². The number of nitrogens with zero attached hydrogens (tertiary/aromatic N) is 1. The molecule has 0 unspecified atom stereocenters. The van der Waals surface area contributed by atoms with Gasteiger partial charge in [-0.15, -0.1) is 0 Å². The van der Waals surface area contributed by atoms with Crippen molar-refractivity contribution in [3.05, 3.63) is 88.2 Å². The molecule has 6 heteroatoms. The highest BCUT2D eigenvalue weighted by molar-refractivity contribution is 6.06. The molecule has 0 aliphatic heterocycles. The molecule has 23 heavy (non-hydrogen) atoms. The summed E-state index contributed by atoms with van der Waals surface area (Å²) in [4.78, 5) is 23.1. The number of nitrogens with one attached hydrogen (secondary N) is 1. The maximum Gasteiger partial charge on any atom is 0.427 e. The van der Waals surface area contributed by atoms with E-state index >= 15 is 0 Å². The number of halogens is 1. The Morgan fingerprint density at radius 3 is 2.39 bits per heavy atom. The lowest BCUT2D eigenvalue weighted by Gasteiger charge is -1.96. The normalized spacial score (nSPS) is 11.0. The Kier molecular flexibility index (Phi) is 3.97. The number of carbonyl (C=O) groups is 1. The number of aromatic amines is 1. The first-order chi connectivity index (χ1) is 11.1. The molecule has 0 spiro atoms. The van der Waals surface area contributed by atoms with E-state index in [1.54, 1.807) is 42.5 Å². The molecule has 1 N–H and O–H groups in total. The van der Waals surface area contributed by atoms with Gasteiger partial charge >= 0.3 is 5.63 Å². The molecule has 0 atom stereocenters. The highest BCUT2D eigenvalue weighted by atomic mass is 19.1. The van der Waals surface area contributed by atoms with Crippen molar-refractivity contribution >= 4 is 11.9 Å². The molecular weight excluding hydrogens is 299 g/mol. The number of hydrogen-bond acceptors (Lipinski definition) is 3. The van der Waals surface area contributed by atoms with Crippen molar-refractivity contribution in [2.45, 2.75) is 0 Å². The predicted molar refractivity (Wildman–Crippen MR) is 80.6 cm³/mol. The number of rotatable bonds is 4. The fourth-order valence-corrected chi connectivity index (χ4v) is 2.01. The highest BCUT2D eigenvalue weighted by Gasteiger charge is 2.11. The first-order valence-electron chi connectivity index (χ1n) is 6.80. The molecule has 0 amide bonds. The van der Waals surface area contributed by atoms with Gasteiger partial charge in [0.15, 0.2) is 5.78 Å². The number of benzene rings is 2. The standard InChI is InChI=1S/C17H11FN2O3/c18-14-6-1-12(2-7-14)3-10-16(21)13-4-8-15(9-5-13)20-11-17(22)23-19-20/h1-11H/p+1/b10-3+. The SMILES string of the molecule is O=C(/C=C/c1ccc(F)cc1)c1ccc(-[n+]2cc(=O)o[nH]2)cc1. The van der Waals surface area contributed by atoms with Crippen LogP contribution in [0.4, 0.5) is 4.39 Å². The van der Waals surface area contributed by atoms with Crippen LogP contribution < -0.4 is 10.3 Å². The van der Waals surface area contributed by atoms with Gasteiger partial charge in [-0.25, -0.2) is 9.18 Å². The van der Waals surface area contributed by atoms with Crippen LogP contribution in [-0.4, -0.2) is 11.1 Å². The van der Waals surface area contributed by atoms with Gasteiger partial charge in [-0.1, -0.05) is 18.2 Å². The second-order valence-corrected chi connectivity index (χ2v) is 4.81. The van der Waals surface area contributed by atoms with E-state index in [-0.39, 0.29) is 11.6 Å². The van der Waals surface area contributed by atoms with E-state index in [2.05, 4.69) is 9.79 Å². The lowest BCUT2D eigenvalue weighted by atomic mass is 10.1. The van der Waals surface area contributed by atoms with Gasteiger partial charge in [0.25, 0.3) is 6.20 Å². The molecule has 0 bridgehead atoms. The van der Waals surface area contributed by atoms with Crippen LogP contribution in [0.25, 0.3) is 11.8 Å².